The Morgan fingerprint density at radius 2 is 1.90 bits per heavy atom. The molecule has 0 radical (unpaired) electrons. The van der Waals surface area contributed by atoms with Crippen LogP contribution in [0.5, 0.6) is 5.75 Å². The van der Waals surface area contributed by atoms with Gasteiger partial charge in [0.05, 0.1) is 7.11 Å². The van der Waals surface area contributed by atoms with Gasteiger partial charge in [0.2, 0.25) is 0 Å². The molecule has 1 aromatic heterocycles. The molecule has 0 unspecified atom stereocenters. The monoisotopic (exact) mass is 334 g/mol. The van der Waals surface area contributed by atoms with E-state index in [9.17, 15) is 0 Å². The molecule has 0 bridgehead atoms. The number of nitrogens with zero attached hydrogens (tertiary/aromatic N) is 2. The first-order valence-corrected chi connectivity index (χ1v) is 7.46. The second-order valence-corrected chi connectivity index (χ2v) is 5.47. The Labute approximate surface area is 128 Å². The molecule has 2 aromatic rings. The summed E-state index contributed by atoms with van der Waals surface area (Å²) in [5, 5.41) is 0. The van der Waals surface area contributed by atoms with E-state index in [4.69, 9.17) is 4.74 Å². The maximum atomic E-state index is 5.30. The first-order chi connectivity index (χ1) is 9.72. The zero-order chi connectivity index (χ0) is 14.4. The van der Waals surface area contributed by atoms with E-state index in [-0.39, 0.29) is 0 Å². The topological polar surface area (TPSA) is 25.4 Å². The fourth-order valence-corrected chi connectivity index (χ4v) is 2.44. The predicted molar refractivity (Wildman–Crippen MR) is 84.7 cm³/mol. The van der Waals surface area contributed by atoms with Gasteiger partial charge in [-0.2, -0.15) is 0 Å². The third-order valence-corrected chi connectivity index (χ3v) is 4.02. The zero-order valence-electron chi connectivity index (χ0n) is 11.8. The average molecular weight is 335 g/mol. The molecule has 4 heteroatoms. The number of pyridine rings is 1. The summed E-state index contributed by atoms with van der Waals surface area (Å²) >= 11 is 3.61. The highest BCUT2D eigenvalue weighted by molar-refractivity contribution is 9.10. The van der Waals surface area contributed by atoms with Crippen LogP contribution in [0, 0.1) is 0 Å². The van der Waals surface area contributed by atoms with Crippen molar-refractivity contribution in [3.8, 4) is 5.75 Å². The normalized spacial score (nSPS) is 10.8. The third kappa shape index (κ3) is 4.05. The maximum Gasteiger partial charge on any atom is 0.119 e. The van der Waals surface area contributed by atoms with Crippen molar-refractivity contribution in [2.45, 2.75) is 20.0 Å². The summed E-state index contributed by atoms with van der Waals surface area (Å²) in [4.78, 5) is 6.44. The number of halogens is 1. The highest BCUT2D eigenvalue weighted by Crippen LogP contribution is 2.24. The molecule has 0 spiro atoms. The van der Waals surface area contributed by atoms with Crippen molar-refractivity contribution < 1.29 is 4.74 Å². The number of rotatable bonds is 6. The largest absolute Gasteiger partial charge is 0.497 e. The Hall–Kier alpha value is -1.39. The van der Waals surface area contributed by atoms with Gasteiger partial charge in [0.1, 0.15) is 5.75 Å². The van der Waals surface area contributed by atoms with Crippen molar-refractivity contribution in [1.29, 1.82) is 0 Å². The van der Waals surface area contributed by atoms with E-state index in [0.29, 0.717) is 0 Å². The molecule has 3 nitrogen and oxygen atoms in total. The van der Waals surface area contributed by atoms with Gasteiger partial charge in [-0.25, -0.2) is 0 Å². The number of ether oxygens (including phenoxy) is 1. The predicted octanol–water partition coefficient (Wildman–Crippen LogP) is 3.87. The molecule has 2 rings (SSSR count). The summed E-state index contributed by atoms with van der Waals surface area (Å²) in [7, 11) is 1.70. The summed E-state index contributed by atoms with van der Waals surface area (Å²) in [6, 6.07) is 10.2. The van der Waals surface area contributed by atoms with Gasteiger partial charge in [-0.15, -0.1) is 0 Å². The van der Waals surface area contributed by atoms with Gasteiger partial charge in [-0.3, -0.25) is 9.88 Å². The van der Waals surface area contributed by atoms with Gasteiger partial charge in [-0.1, -0.05) is 22.9 Å². The van der Waals surface area contributed by atoms with Crippen LogP contribution < -0.4 is 4.74 Å². The van der Waals surface area contributed by atoms with Gasteiger partial charge in [0.15, 0.2) is 0 Å². The molecule has 0 aliphatic rings. The van der Waals surface area contributed by atoms with Crippen LogP contribution in [0.4, 0.5) is 0 Å². The first kappa shape index (κ1) is 15.0. The van der Waals surface area contributed by atoms with Gasteiger partial charge < -0.3 is 4.74 Å². The van der Waals surface area contributed by atoms with Gasteiger partial charge in [0, 0.05) is 30.0 Å². The zero-order valence-corrected chi connectivity index (χ0v) is 13.4. The molecule has 0 saturated carbocycles. The lowest BCUT2D eigenvalue weighted by Crippen LogP contribution is -2.22. The van der Waals surface area contributed by atoms with Crippen LogP contribution >= 0.6 is 15.9 Å². The molecule has 0 N–H and O–H groups in total. The maximum absolute atomic E-state index is 5.30. The van der Waals surface area contributed by atoms with Gasteiger partial charge >= 0.3 is 0 Å². The van der Waals surface area contributed by atoms with Gasteiger partial charge in [-0.05, 0) is 48.0 Å². The number of hydrogen-bond acceptors (Lipinski definition) is 3. The van der Waals surface area contributed by atoms with Crippen molar-refractivity contribution in [3.63, 3.8) is 0 Å². The number of hydrogen-bond donors (Lipinski definition) is 0. The van der Waals surface area contributed by atoms with E-state index in [1.807, 2.05) is 24.5 Å². The summed E-state index contributed by atoms with van der Waals surface area (Å²) in [5.74, 6) is 0.892. The number of benzene rings is 1. The summed E-state index contributed by atoms with van der Waals surface area (Å²) < 4.78 is 6.41. The average Bonchev–Trinajstić information content (AvgIpc) is 2.49. The summed E-state index contributed by atoms with van der Waals surface area (Å²) in [5.41, 5.74) is 2.51. The summed E-state index contributed by atoms with van der Waals surface area (Å²) in [6.07, 6.45) is 3.68. The Bertz CT molecular complexity index is 545. The van der Waals surface area contributed by atoms with Crippen LogP contribution in [0.1, 0.15) is 18.1 Å². The second-order valence-electron chi connectivity index (χ2n) is 4.62. The number of methoxy groups -OCH3 is 1. The Morgan fingerprint density at radius 1 is 1.15 bits per heavy atom. The lowest BCUT2D eigenvalue weighted by molar-refractivity contribution is 0.270. The van der Waals surface area contributed by atoms with E-state index in [0.717, 1.165) is 29.9 Å². The van der Waals surface area contributed by atoms with Crippen LogP contribution in [0.15, 0.2) is 47.2 Å². The third-order valence-electron chi connectivity index (χ3n) is 3.25. The van der Waals surface area contributed by atoms with Crippen LogP contribution in [-0.2, 0) is 13.1 Å². The van der Waals surface area contributed by atoms with E-state index in [2.05, 4.69) is 50.9 Å². The van der Waals surface area contributed by atoms with Gasteiger partial charge in [0.25, 0.3) is 0 Å². The molecule has 0 aliphatic heterocycles. The molecule has 1 heterocycles. The molecular weight excluding hydrogens is 316 g/mol. The SMILES string of the molecule is CCN(Cc1ccncc1)Cc1cc(OC)ccc1Br. The molecule has 0 aliphatic carbocycles. The lowest BCUT2D eigenvalue weighted by Gasteiger charge is -2.21. The highest BCUT2D eigenvalue weighted by atomic mass is 79.9. The van der Waals surface area contributed by atoms with Crippen LogP contribution in [0.25, 0.3) is 0 Å². The smallest absolute Gasteiger partial charge is 0.119 e. The van der Waals surface area contributed by atoms with Crippen molar-refractivity contribution in [3.05, 3.63) is 58.3 Å². The second kappa shape index (κ2) is 7.41. The molecule has 1 aromatic carbocycles. The molecular formula is C16H19BrN2O. The molecule has 0 saturated heterocycles. The first-order valence-electron chi connectivity index (χ1n) is 6.66. The van der Waals surface area contributed by atoms with Crippen molar-refractivity contribution in [2.75, 3.05) is 13.7 Å². The van der Waals surface area contributed by atoms with E-state index >= 15 is 0 Å². The fraction of sp³-hybridized carbons (Fsp3) is 0.312. The minimum absolute atomic E-state index is 0.886. The molecule has 0 fully saturated rings. The lowest BCUT2D eigenvalue weighted by atomic mass is 10.2. The molecule has 20 heavy (non-hydrogen) atoms. The van der Waals surface area contributed by atoms with Crippen molar-refractivity contribution >= 4 is 15.9 Å². The Kier molecular flexibility index (Phi) is 5.56. The molecule has 0 amide bonds. The highest BCUT2D eigenvalue weighted by Gasteiger charge is 2.08. The minimum atomic E-state index is 0.886. The summed E-state index contributed by atoms with van der Waals surface area (Å²) in [6.45, 7) is 4.97. The van der Waals surface area contributed by atoms with Crippen LogP contribution in [0.3, 0.4) is 0 Å². The molecule has 0 atom stereocenters. The van der Waals surface area contributed by atoms with E-state index in [1.54, 1.807) is 7.11 Å². The number of aromatic nitrogens is 1. The quantitative estimate of drug-likeness (QED) is 0.801. The fourth-order valence-electron chi connectivity index (χ4n) is 2.07. The van der Waals surface area contributed by atoms with Crippen LogP contribution in [0.2, 0.25) is 0 Å². The molecule has 106 valence electrons. The van der Waals surface area contributed by atoms with E-state index < -0.39 is 0 Å². The Morgan fingerprint density at radius 3 is 2.55 bits per heavy atom. The van der Waals surface area contributed by atoms with Crippen molar-refractivity contribution in [2.24, 2.45) is 0 Å². The van der Waals surface area contributed by atoms with Crippen molar-refractivity contribution in [1.82, 2.24) is 9.88 Å². The standard InChI is InChI=1S/C16H19BrN2O/c1-3-19(11-13-6-8-18-9-7-13)12-14-10-15(20-2)4-5-16(14)17/h4-10H,3,11-12H2,1-2H3. The van der Waals surface area contributed by atoms with E-state index in [1.165, 1.54) is 11.1 Å². The van der Waals surface area contributed by atoms with Crippen LogP contribution in [-0.4, -0.2) is 23.5 Å². The minimum Gasteiger partial charge on any atom is -0.497 e. The Balaban J connectivity index is 2.10.